The molecule has 0 saturated carbocycles. The van der Waals surface area contributed by atoms with Gasteiger partial charge in [0.05, 0.1) is 24.3 Å². The second-order valence-electron chi connectivity index (χ2n) is 15.0. The maximum Gasteiger partial charge on any atom is 0.490 e. The topological polar surface area (TPSA) is 230 Å². The maximum atomic E-state index is 13.2. The van der Waals surface area contributed by atoms with Gasteiger partial charge < -0.3 is 39.3 Å². The van der Waals surface area contributed by atoms with Crippen molar-refractivity contribution < 1.29 is 29.1 Å². The summed E-state index contributed by atoms with van der Waals surface area (Å²) in [6.07, 6.45) is 9.84. The van der Waals surface area contributed by atoms with Crippen LogP contribution in [0.2, 0.25) is 10.3 Å². The first-order valence-corrected chi connectivity index (χ1v) is 23.0. The van der Waals surface area contributed by atoms with Crippen LogP contribution in [-0.2, 0) is 13.1 Å². The van der Waals surface area contributed by atoms with Crippen LogP contribution in [-0.4, -0.2) is 91.7 Å². The predicted molar refractivity (Wildman–Crippen MR) is 265 cm³/mol. The molecule has 8 heterocycles. The van der Waals surface area contributed by atoms with Gasteiger partial charge in [0.2, 0.25) is 0 Å². The number of hydrogen-bond donors (Lipinski definition) is 4. The Bertz CT molecular complexity index is 3020. The van der Waals surface area contributed by atoms with Crippen molar-refractivity contribution in [3.63, 3.8) is 0 Å². The van der Waals surface area contributed by atoms with Gasteiger partial charge in [-0.15, -0.1) is 20.4 Å². The molecular weight excluding hydrogens is 1030 g/mol. The third-order valence-corrected chi connectivity index (χ3v) is 11.4. The molecule has 68 heavy (non-hydrogen) atoms. The van der Waals surface area contributed by atoms with Gasteiger partial charge in [-0.1, -0.05) is 47.5 Å². The highest BCUT2D eigenvalue weighted by atomic mass is 127. The number of nitrogens with one attached hydrogen (secondary N) is 2. The smallest absolute Gasteiger partial charge is 0.490 e. The van der Waals surface area contributed by atoms with E-state index in [1.807, 2.05) is 69.8 Å². The highest BCUT2D eigenvalue weighted by Gasteiger charge is 2.19. The van der Waals surface area contributed by atoms with Crippen molar-refractivity contribution >= 4 is 81.8 Å². The highest BCUT2D eigenvalue weighted by molar-refractivity contribution is 14.1. The number of hydrogen-bond acceptors (Lipinski definition) is 14. The van der Waals surface area contributed by atoms with Crippen LogP contribution in [0.1, 0.15) is 46.4 Å². The summed E-state index contributed by atoms with van der Waals surface area (Å²) >= 11 is 13.5. The molecule has 2 aromatic carbocycles. The van der Waals surface area contributed by atoms with Crippen molar-refractivity contribution in [2.75, 3.05) is 23.8 Å². The average molecular weight is 1070 g/mol. The van der Waals surface area contributed by atoms with E-state index in [4.69, 9.17) is 42.7 Å². The number of aryl methyl sites for hydroxylation is 2. The number of carbonyl (C=O) groups is 2. The van der Waals surface area contributed by atoms with E-state index in [1.165, 1.54) is 18.3 Å². The van der Waals surface area contributed by atoms with E-state index < -0.39 is 7.12 Å². The standard InChI is InChI=1S/C23H19ClN6O2.C18H16IN5O2.C5H5BClNO2/c24-20-9-7-16(13-25-20)15-6-8-19-17(12-15)23(31)28-21-5-3-4-18(27-21)22-29-26-14-30(22)10-1-2-11-32-19;19-12-6-7-15-13(10-12)18(25)22-16-5-3-4-14(21-16)17-23-20-11-24(17)8-1-2-9-26-15;7-5-2-1-4(3-8-5)6(9)10/h3-9,12-14H,1-2,10-11H2,(H,27,28,31);3-7,10-11H,1-2,8-9H2,(H,21,22,25);1-3,9-10H. The van der Waals surface area contributed by atoms with Crippen LogP contribution >= 0.6 is 45.8 Å². The molecule has 0 spiro atoms. The minimum absolute atomic E-state index is 0.248. The molecule has 0 radical (unpaired) electrons. The van der Waals surface area contributed by atoms with Crippen molar-refractivity contribution in [3.05, 3.63) is 147 Å². The summed E-state index contributed by atoms with van der Waals surface area (Å²) < 4.78 is 16.7. The Labute approximate surface area is 413 Å². The predicted octanol–water partition coefficient (Wildman–Crippen LogP) is 7.26. The zero-order chi connectivity index (χ0) is 47.4. The molecule has 2 aliphatic heterocycles. The number of amides is 2. The number of halogens is 3. The van der Waals surface area contributed by atoms with E-state index in [2.05, 4.69) is 73.6 Å². The Hall–Kier alpha value is -6.85. The fourth-order valence-corrected chi connectivity index (χ4v) is 7.61. The molecule has 0 saturated heterocycles. The third-order valence-electron chi connectivity index (χ3n) is 10.3. The van der Waals surface area contributed by atoms with Crippen molar-refractivity contribution in [3.8, 4) is 45.7 Å². The van der Waals surface area contributed by atoms with Crippen molar-refractivity contribution in [2.24, 2.45) is 0 Å². The van der Waals surface area contributed by atoms with E-state index in [-0.39, 0.29) is 11.8 Å². The van der Waals surface area contributed by atoms with E-state index in [1.54, 1.807) is 43.1 Å². The normalized spacial score (nSPS) is 13.4. The van der Waals surface area contributed by atoms with Crippen LogP contribution in [0.15, 0.2) is 122 Å². The van der Waals surface area contributed by atoms with Crippen LogP contribution in [0.4, 0.5) is 11.6 Å². The largest absolute Gasteiger partial charge is 0.493 e. The number of anilines is 2. The molecule has 4 bridgehead atoms. The molecule has 0 fully saturated rings. The Morgan fingerprint density at radius 2 is 1.15 bits per heavy atom. The number of pyridine rings is 4. The van der Waals surface area contributed by atoms with Crippen molar-refractivity contribution in [1.29, 1.82) is 0 Å². The highest BCUT2D eigenvalue weighted by Crippen LogP contribution is 2.29. The monoisotopic (exact) mass is 1060 g/mol. The maximum absolute atomic E-state index is 13.2. The van der Waals surface area contributed by atoms with Gasteiger partial charge in [0.15, 0.2) is 11.6 Å². The van der Waals surface area contributed by atoms with Gasteiger partial charge in [0.25, 0.3) is 11.8 Å². The molecule has 6 aromatic heterocycles. The summed E-state index contributed by atoms with van der Waals surface area (Å²) in [5.41, 5.74) is 4.27. The summed E-state index contributed by atoms with van der Waals surface area (Å²) in [6, 6.07) is 28.5. The van der Waals surface area contributed by atoms with E-state index in [0.29, 0.717) is 86.3 Å². The zero-order valence-electron chi connectivity index (χ0n) is 35.9. The number of rotatable bonds is 2. The molecule has 22 heteroatoms. The molecule has 0 aliphatic carbocycles. The molecule has 18 nitrogen and oxygen atoms in total. The van der Waals surface area contributed by atoms with Crippen LogP contribution in [0.25, 0.3) is 34.2 Å². The molecule has 0 unspecified atom stereocenters. The lowest BCUT2D eigenvalue weighted by molar-refractivity contribution is 0.101. The summed E-state index contributed by atoms with van der Waals surface area (Å²) in [5, 5.41) is 40.0. The Morgan fingerprint density at radius 1 is 0.618 bits per heavy atom. The number of aromatic nitrogens is 10. The summed E-state index contributed by atoms with van der Waals surface area (Å²) in [7, 11) is -1.47. The summed E-state index contributed by atoms with van der Waals surface area (Å²) in [4.78, 5) is 42.8. The summed E-state index contributed by atoms with van der Waals surface area (Å²) in [6.45, 7) is 2.56. The minimum atomic E-state index is -1.47. The second-order valence-corrected chi connectivity index (χ2v) is 17.1. The van der Waals surface area contributed by atoms with Gasteiger partial charge in [-0.2, -0.15) is 0 Å². The van der Waals surface area contributed by atoms with Gasteiger partial charge in [0.1, 0.15) is 57.5 Å². The Balaban J connectivity index is 0.000000155. The lowest BCUT2D eigenvalue weighted by Crippen LogP contribution is -2.29. The number of fused-ring (bicyclic) bond motifs is 10. The quantitative estimate of drug-likeness (QED) is 0.0759. The molecule has 10 rings (SSSR count). The van der Waals surface area contributed by atoms with Crippen molar-refractivity contribution in [1.82, 2.24) is 49.5 Å². The van der Waals surface area contributed by atoms with Crippen LogP contribution in [0.5, 0.6) is 11.5 Å². The molecule has 344 valence electrons. The Morgan fingerprint density at radius 3 is 1.68 bits per heavy atom. The second kappa shape index (κ2) is 22.8. The first kappa shape index (κ1) is 47.6. The van der Waals surface area contributed by atoms with Crippen LogP contribution < -0.4 is 25.6 Å². The first-order valence-electron chi connectivity index (χ1n) is 21.2. The van der Waals surface area contributed by atoms with Crippen LogP contribution in [0, 0.1) is 3.57 Å². The average Bonchev–Trinajstić information content (AvgIpc) is 4.02. The van der Waals surface area contributed by atoms with Gasteiger partial charge in [-0.25, -0.2) is 19.9 Å². The third kappa shape index (κ3) is 12.4. The number of carbonyl (C=O) groups excluding carboxylic acids is 2. The lowest BCUT2D eigenvalue weighted by atomic mass is 9.82. The van der Waals surface area contributed by atoms with Gasteiger partial charge in [0, 0.05) is 40.1 Å². The summed E-state index contributed by atoms with van der Waals surface area (Å²) in [5.74, 6) is 2.78. The van der Waals surface area contributed by atoms with E-state index in [9.17, 15) is 9.59 Å². The van der Waals surface area contributed by atoms with E-state index in [0.717, 1.165) is 53.5 Å². The minimum Gasteiger partial charge on any atom is -0.493 e. The molecular formula is C46H40BCl2IN12O6. The van der Waals surface area contributed by atoms with Gasteiger partial charge >= 0.3 is 7.12 Å². The first-order chi connectivity index (χ1) is 33.1. The molecule has 2 aliphatic rings. The van der Waals surface area contributed by atoms with Gasteiger partial charge in [-0.05, 0) is 127 Å². The number of nitrogens with zero attached hydrogens (tertiary/aromatic N) is 10. The zero-order valence-corrected chi connectivity index (χ0v) is 39.6. The fraction of sp³-hybridized carbons (Fsp3) is 0.174. The fourth-order valence-electron chi connectivity index (χ4n) is 6.90. The molecule has 0 atom stereocenters. The van der Waals surface area contributed by atoms with E-state index >= 15 is 0 Å². The SMILES string of the molecule is O=C1Nc2cccc(n2)-c2nncn2CCCCOc2ccc(-c3ccc(Cl)nc3)cc21.O=C1Nc2cccc(n2)-c2nncn2CCCCOc2ccc(I)cc21.OB(O)c1ccc(Cl)nc1. The molecule has 4 N–H and O–H groups in total. The lowest BCUT2D eigenvalue weighted by Gasteiger charge is -2.15. The van der Waals surface area contributed by atoms with Crippen molar-refractivity contribution in [2.45, 2.75) is 38.8 Å². The number of benzene rings is 2. The Kier molecular flexibility index (Phi) is 16.0. The number of ether oxygens (including phenoxy) is 2. The van der Waals surface area contributed by atoms with Gasteiger partial charge in [-0.3, -0.25) is 9.59 Å². The molecule has 8 aromatic rings. The van der Waals surface area contributed by atoms with Crippen LogP contribution in [0.3, 0.4) is 0 Å². The molecule has 2 amide bonds.